The molecule has 2 heterocycles. The van der Waals surface area contributed by atoms with Gasteiger partial charge in [0.25, 0.3) is 0 Å². The summed E-state index contributed by atoms with van der Waals surface area (Å²) in [5.41, 5.74) is 8.47. The lowest BCUT2D eigenvalue weighted by molar-refractivity contribution is -0.110. The number of carbonyl (C=O) groups excluding carboxylic acids is 1. The van der Waals surface area contributed by atoms with Crippen molar-refractivity contribution in [1.29, 1.82) is 0 Å². The van der Waals surface area contributed by atoms with Crippen LogP contribution in [-0.4, -0.2) is 38.8 Å². The molecule has 1 amide bonds. The average Bonchev–Trinajstić information content (AvgIpc) is 3.41. The van der Waals surface area contributed by atoms with Crippen LogP contribution in [0.25, 0.3) is 11.3 Å². The number of amides is 1. The number of nitrogens with one attached hydrogen (secondary N) is 1. The Balaban J connectivity index is 1.45. The van der Waals surface area contributed by atoms with E-state index < -0.39 is 6.10 Å². The number of imidazole rings is 1. The predicted octanol–water partition coefficient (Wildman–Crippen LogP) is 2.02. The van der Waals surface area contributed by atoms with E-state index in [1.807, 2.05) is 34.9 Å². The molecule has 0 saturated heterocycles. The third-order valence-electron chi connectivity index (χ3n) is 5.53. The summed E-state index contributed by atoms with van der Waals surface area (Å²) in [5.74, 6) is 7.94. The predicted molar refractivity (Wildman–Crippen MR) is 115 cm³/mol. The molecule has 31 heavy (non-hydrogen) atoms. The summed E-state index contributed by atoms with van der Waals surface area (Å²) >= 11 is 0. The van der Waals surface area contributed by atoms with Crippen molar-refractivity contribution in [2.45, 2.75) is 38.0 Å². The molecule has 1 saturated carbocycles. The Hall–Kier alpha value is -3.41. The SMILES string of the molecule is CC(O)c1nccn1C(CN)c1cc(-c2ccc(C#C[C@H]3C[C@H](NC=O)C3)cc2)on1. The van der Waals surface area contributed by atoms with E-state index in [9.17, 15) is 9.90 Å². The molecule has 0 aliphatic heterocycles. The smallest absolute Gasteiger partial charge is 0.207 e. The van der Waals surface area contributed by atoms with E-state index >= 15 is 0 Å². The summed E-state index contributed by atoms with van der Waals surface area (Å²) in [6.45, 7) is 1.96. The van der Waals surface area contributed by atoms with Crippen LogP contribution in [0.15, 0.2) is 47.2 Å². The van der Waals surface area contributed by atoms with Gasteiger partial charge >= 0.3 is 0 Å². The third-order valence-corrected chi connectivity index (χ3v) is 5.53. The number of hydrogen-bond donors (Lipinski definition) is 3. The van der Waals surface area contributed by atoms with Gasteiger partial charge in [0.2, 0.25) is 6.41 Å². The van der Waals surface area contributed by atoms with Gasteiger partial charge < -0.3 is 25.2 Å². The summed E-state index contributed by atoms with van der Waals surface area (Å²) in [7, 11) is 0. The number of hydrogen-bond acceptors (Lipinski definition) is 6. The van der Waals surface area contributed by atoms with Crippen molar-refractivity contribution in [3.8, 4) is 23.2 Å². The van der Waals surface area contributed by atoms with Gasteiger partial charge in [-0.3, -0.25) is 4.79 Å². The minimum Gasteiger partial charge on any atom is -0.385 e. The molecule has 0 spiro atoms. The number of carbonyl (C=O) groups is 1. The normalized spacial score (nSPS) is 19.6. The van der Waals surface area contributed by atoms with Crippen LogP contribution in [0.2, 0.25) is 0 Å². The lowest BCUT2D eigenvalue weighted by Crippen LogP contribution is -2.39. The van der Waals surface area contributed by atoms with Crippen molar-refractivity contribution < 1.29 is 14.4 Å². The molecule has 1 aliphatic carbocycles. The van der Waals surface area contributed by atoms with Crippen molar-refractivity contribution in [2.75, 3.05) is 6.54 Å². The molecule has 0 bridgehead atoms. The van der Waals surface area contributed by atoms with Crippen LogP contribution in [0, 0.1) is 17.8 Å². The summed E-state index contributed by atoms with van der Waals surface area (Å²) in [4.78, 5) is 14.6. The van der Waals surface area contributed by atoms with Gasteiger partial charge in [-0.1, -0.05) is 17.0 Å². The molecule has 2 unspecified atom stereocenters. The number of rotatable bonds is 7. The number of nitrogens with two attached hydrogens (primary N) is 1. The maximum atomic E-state index is 10.4. The summed E-state index contributed by atoms with van der Waals surface area (Å²) in [6.07, 6.45) is 5.26. The first-order chi connectivity index (χ1) is 15.1. The minimum absolute atomic E-state index is 0.260. The Morgan fingerprint density at radius 2 is 2.16 bits per heavy atom. The number of aliphatic hydroxyl groups is 1. The van der Waals surface area contributed by atoms with Gasteiger partial charge in [0.1, 0.15) is 17.6 Å². The highest BCUT2D eigenvalue weighted by Gasteiger charge is 2.26. The van der Waals surface area contributed by atoms with Crippen molar-refractivity contribution in [3.63, 3.8) is 0 Å². The highest BCUT2D eigenvalue weighted by Crippen LogP contribution is 2.28. The number of aliphatic hydroxyl groups excluding tert-OH is 1. The van der Waals surface area contributed by atoms with Gasteiger partial charge in [-0.25, -0.2) is 4.98 Å². The lowest BCUT2D eigenvalue weighted by atomic mass is 9.81. The molecule has 1 aliphatic rings. The highest BCUT2D eigenvalue weighted by atomic mass is 16.5. The zero-order chi connectivity index (χ0) is 21.8. The van der Waals surface area contributed by atoms with Crippen LogP contribution >= 0.6 is 0 Å². The van der Waals surface area contributed by atoms with E-state index in [0.29, 0.717) is 29.7 Å². The van der Waals surface area contributed by atoms with E-state index in [0.717, 1.165) is 30.4 Å². The molecule has 2 atom stereocenters. The molecule has 1 aromatic carbocycles. The topological polar surface area (TPSA) is 119 Å². The van der Waals surface area contributed by atoms with E-state index in [4.69, 9.17) is 10.3 Å². The van der Waals surface area contributed by atoms with Gasteiger partial charge in [0.05, 0.1) is 6.04 Å². The molecule has 2 aromatic heterocycles. The highest BCUT2D eigenvalue weighted by molar-refractivity contribution is 5.59. The minimum atomic E-state index is -0.712. The van der Waals surface area contributed by atoms with Crippen molar-refractivity contribution >= 4 is 6.41 Å². The van der Waals surface area contributed by atoms with Crippen molar-refractivity contribution in [1.82, 2.24) is 20.0 Å². The molecule has 8 heteroatoms. The second kappa shape index (κ2) is 9.16. The molecule has 0 radical (unpaired) electrons. The van der Waals surface area contributed by atoms with Gasteiger partial charge in [-0.05, 0) is 44.0 Å². The number of benzene rings is 1. The summed E-state index contributed by atoms with van der Waals surface area (Å²) in [6, 6.07) is 9.63. The lowest BCUT2D eigenvalue weighted by Gasteiger charge is -2.30. The monoisotopic (exact) mass is 419 g/mol. The first-order valence-corrected chi connectivity index (χ1v) is 10.3. The van der Waals surface area contributed by atoms with Crippen molar-refractivity contribution in [2.24, 2.45) is 11.7 Å². The van der Waals surface area contributed by atoms with E-state index in [2.05, 4.69) is 27.3 Å². The average molecular weight is 419 g/mol. The van der Waals surface area contributed by atoms with E-state index in [1.165, 1.54) is 0 Å². The summed E-state index contributed by atoms with van der Waals surface area (Å²) < 4.78 is 7.38. The molecule has 8 nitrogen and oxygen atoms in total. The zero-order valence-electron chi connectivity index (χ0n) is 17.2. The molecule has 4 rings (SSSR count). The largest absolute Gasteiger partial charge is 0.385 e. The molecule has 4 N–H and O–H groups in total. The molecule has 160 valence electrons. The maximum Gasteiger partial charge on any atom is 0.207 e. The quantitative estimate of drug-likeness (QED) is 0.398. The van der Waals surface area contributed by atoms with Gasteiger partial charge in [0, 0.05) is 48.1 Å². The van der Waals surface area contributed by atoms with Gasteiger partial charge in [-0.15, -0.1) is 0 Å². The molecule has 1 fully saturated rings. The zero-order valence-corrected chi connectivity index (χ0v) is 17.2. The fourth-order valence-corrected chi connectivity index (χ4v) is 3.74. The number of nitrogens with zero attached hydrogens (tertiary/aromatic N) is 3. The number of aromatic nitrogens is 3. The standard InChI is InChI=1S/C23H25N5O3/c1-15(30)23-25-8-9-28(23)21(13-24)20-12-22(31-27-20)18-6-4-16(5-7-18)2-3-17-10-19(11-17)26-14-29/h4-9,12,14-15,17,19,21,30H,10-11,13,24H2,1H3,(H,26,29)/t15?,17-,19-,21?. The fraction of sp³-hybridized carbons (Fsp3) is 0.348. The second-order valence-electron chi connectivity index (χ2n) is 7.73. The van der Waals surface area contributed by atoms with E-state index in [-0.39, 0.29) is 12.1 Å². The van der Waals surface area contributed by atoms with Crippen LogP contribution in [0.4, 0.5) is 0 Å². The van der Waals surface area contributed by atoms with Crippen molar-refractivity contribution in [3.05, 3.63) is 59.8 Å². The second-order valence-corrected chi connectivity index (χ2v) is 7.73. The van der Waals surface area contributed by atoms with Gasteiger partial charge in [-0.2, -0.15) is 0 Å². The van der Waals surface area contributed by atoms with Crippen LogP contribution in [0.3, 0.4) is 0 Å². The molecule has 3 aromatic rings. The maximum absolute atomic E-state index is 10.4. The fourth-order valence-electron chi connectivity index (χ4n) is 3.74. The first-order valence-electron chi connectivity index (χ1n) is 10.3. The van der Waals surface area contributed by atoms with Crippen LogP contribution in [0.5, 0.6) is 0 Å². The Morgan fingerprint density at radius 3 is 2.84 bits per heavy atom. The first kappa shape index (κ1) is 20.8. The Labute approximate surface area is 180 Å². The van der Waals surface area contributed by atoms with Crippen LogP contribution < -0.4 is 11.1 Å². The molecular formula is C23H25N5O3. The third kappa shape index (κ3) is 4.53. The van der Waals surface area contributed by atoms with Crippen LogP contribution in [-0.2, 0) is 4.79 Å². The van der Waals surface area contributed by atoms with Crippen LogP contribution in [0.1, 0.15) is 49.0 Å². The Kier molecular flexibility index (Phi) is 6.16. The Morgan fingerprint density at radius 1 is 1.39 bits per heavy atom. The van der Waals surface area contributed by atoms with Gasteiger partial charge in [0.15, 0.2) is 5.76 Å². The Bertz CT molecular complexity index is 1080. The molecular weight excluding hydrogens is 394 g/mol. The van der Waals surface area contributed by atoms with E-state index in [1.54, 1.807) is 19.3 Å². The summed E-state index contributed by atoms with van der Waals surface area (Å²) in [5, 5.41) is 16.9.